The Kier molecular flexibility index (Phi) is 11.2. The summed E-state index contributed by atoms with van der Waals surface area (Å²) >= 11 is 0. The van der Waals surface area contributed by atoms with Gasteiger partial charge in [-0.2, -0.15) is 0 Å². The van der Waals surface area contributed by atoms with E-state index in [4.69, 9.17) is 0 Å². The molecule has 0 saturated carbocycles. The third-order valence-electron chi connectivity index (χ3n) is 2.87. The van der Waals surface area contributed by atoms with Crippen molar-refractivity contribution >= 4 is 5.91 Å². The Morgan fingerprint density at radius 3 is 2.22 bits per heavy atom. The quantitative estimate of drug-likeness (QED) is 0.558. The minimum Gasteiger partial charge on any atom is -0.355 e. The molecule has 0 aliphatic carbocycles. The summed E-state index contributed by atoms with van der Waals surface area (Å²) in [5, 5.41) is 6.10. The zero-order valence-corrected chi connectivity index (χ0v) is 12.7. The lowest BCUT2D eigenvalue weighted by atomic mass is 10.0. The minimum atomic E-state index is 0.123. The molecule has 0 heterocycles. The van der Waals surface area contributed by atoms with Crippen molar-refractivity contribution in [3.8, 4) is 0 Å². The van der Waals surface area contributed by atoms with Crippen LogP contribution in [0.25, 0.3) is 0 Å². The molecule has 18 heavy (non-hydrogen) atoms. The van der Waals surface area contributed by atoms with Gasteiger partial charge < -0.3 is 10.6 Å². The molecule has 2 N–H and O–H groups in total. The van der Waals surface area contributed by atoms with Crippen molar-refractivity contribution in [1.29, 1.82) is 0 Å². The smallest absolute Gasteiger partial charge is 0.233 e. The summed E-state index contributed by atoms with van der Waals surface area (Å²) in [7, 11) is 0. The van der Waals surface area contributed by atoms with E-state index in [1.807, 2.05) is 0 Å². The number of amides is 1. The van der Waals surface area contributed by atoms with Gasteiger partial charge in [-0.3, -0.25) is 4.79 Å². The van der Waals surface area contributed by atoms with Crippen LogP contribution in [-0.4, -0.2) is 25.5 Å². The fourth-order valence-electron chi connectivity index (χ4n) is 1.80. The van der Waals surface area contributed by atoms with Crippen LogP contribution >= 0.6 is 0 Å². The summed E-state index contributed by atoms with van der Waals surface area (Å²) < 4.78 is 0. The predicted molar refractivity (Wildman–Crippen MR) is 78.6 cm³/mol. The molecule has 0 atom stereocenters. The van der Waals surface area contributed by atoms with Crippen LogP contribution in [0.3, 0.4) is 0 Å². The lowest BCUT2D eigenvalue weighted by molar-refractivity contribution is -0.120. The molecule has 3 nitrogen and oxygen atoms in total. The van der Waals surface area contributed by atoms with Crippen molar-refractivity contribution in [2.75, 3.05) is 19.6 Å². The second-order valence-corrected chi connectivity index (χ2v) is 5.97. The molecule has 0 saturated heterocycles. The van der Waals surface area contributed by atoms with Gasteiger partial charge in [-0.1, -0.05) is 53.4 Å². The molecule has 3 heteroatoms. The van der Waals surface area contributed by atoms with E-state index in [2.05, 4.69) is 38.3 Å². The molecule has 0 aromatic carbocycles. The van der Waals surface area contributed by atoms with Gasteiger partial charge in [0.15, 0.2) is 0 Å². The van der Waals surface area contributed by atoms with Crippen molar-refractivity contribution < 1.29 is 4.79 Å². The van der Waals surface area contributed by atoms with Crippen LogP contribution in [0.4, 0.5) is 0 Å². The molecule has 0 rings (SSSR count). The SMILES string of the molecule is CC(C)CCCCCCNC(=O)CNCC(C)C. The third-order valence-corrected chi connectivity index (χ3v) is 2.87. The zero-order valence-electron chi connectivity index (χ0n) is 12.7. The van der Waals surface area contributed by atoms with Crippen LogP contribution in [-0.2, 0) is 4.79 Å². The highest BCUT2D eigenvalue weighted by Crippen LogP contribution is 2.08. The minimum absolute atomic E-state index is 0.123. The van der Waals surface area contributed by atoms with Gasteiger partial charge >= 0.3 is 0 Å². The van der Waals surface area contributed by atoms with Crippen LogP contribution in [0.2, 0.25) is 0 Å². The molecule has 0 fully saturated rings. The van der Waals surface area contributed by atoms with Gasteiger partial charge in [-0.05, 0) is 24.8 Å². The van der Waals surface area contributed by atoms with E-state index in [0.717, 1.165) is 25.4 Å². The van der Waals surface area contributed by atoms with Crippen LogP contribution in [0.1, 0.15) is 59.8 Å². The fourth-order valence-corrected chi connectivity index (χ4v) is 1.80. The Hall–Kier alpha value is -0.570. The van der Waals surface area contributed by atoms with E-state index in [0.29, 0.717) is 12.5 Å². The predicted octanol–water partition coefficient (Wildman–Crippen LogP) is 2.95. The van der Waals surface area contributed by atoms with Gasteiger partial charge in [0.25, 0.3) is 0 Å². The number of unbranched alkanes of at least 4 members (excludes halogenated alkanes) is 3. The van der Waals surface area contributed by atoms with Gasteiger partial charge in [0.1, 0.15) is 0 Å². The molecular weight excluding hydrogens is 224 g/mol. The van der Waals surface area contributed by atoms with Crippen molar-refractivity contribution in [2.45, 2.75) is 59.8 Å². The Balaban J connectivity index is 3.20. The van der Waals surface area contributed by atoms with E-state index in [9.17, 15) is 4.79 Å². The van der Waals surface area contributed by atoms with Crippen molar-refractivity contribution in [2.24, 2.45) is 11.8 Å². The number of hydrogen-bond donors (Lipinski definition) is 2. The Bertz CT molecular complexity index is 203. The maximum atomic E-state index is 11.4. The molecule has 1 amide bonds. The average Bonchev–Trinajstić information content (AvgIpc) is 2.26. The number of rotatable bonds is 11. The summed E-state index contributed by atoms with van der Waals surface area (Å²) in [6, 6.07) is 0. The van der Waals surface area contributed by atoms with E-state index in [1.54, 1.807) is 0 Å². The number of nitrogens with one attached hydrogen (secondary N) is 2. The topological polar surface area (TPSA) is 41.1 Å². The molecule has 0 bridgehead atoms. The monoisotopic (exact) mass is 256 g/mol. The van der Waals surface area contributed by atoms with Crippen molar-refractivity contribution in [1.82, 2.24) is 10.6 Å². The first-order chi connectivity index (χ1) is 8.52. The first-order valence-electron chi connectivity index (χ1n) is 7.49. The highest BCUT2D eigenvalue weighted by molar-refractivity contribution is 5.77. The summed E-state index contributed by atoms with van der Waals surface area (Å²) in [6.07, 6.45) is 6.27. The van der Waals surface area contributed by atoms with Crippen molar-refractivity contribution in [3.05, 3.63) is 0 Å². The lowest BCUT2D eigenvalue weighted by Gasteiger charge is -2.08. The second kappa shape index (κ2) is 11.5. The molecule has 0 aliphatic heterocycles. The average molecular weight is 256 g/mol. The molecule has 0 aliphatic rings. The second-order valence-electron chi connectivity index (χ2n) is 5.97. The Morgan fingerprint density at radius 1 is 0.944 bits per heavy atom. The Morgan fingerprint density at radius 2 is 1.61 bits per heavy atom. The van der Waals surface area contributed by atoms with E-state index < -0.39 is 0 Å². The summed E-state index contributed by atoms with van der Waals surface area (Å²) in [5.41, 5.74) is 0. The van der Waals surface area contributed by atoms with Gasteiger partial charge in [0.05, 0.1) is 6.54 Å². The maximum absolute atomic E-state index is 11.4. The highest BCUT2D eigenvalue weighted by atomic mass is 16.1. The van der Waals surface area contributed by atoms with E-state index in [-0.39, 0.29) is 5.91 Å². The first-order valence-corrected chi connectivity index (χ1v) is 7.49. The summed E-state index contributed by atoms with van der Waals surface area (Å²) in [6.45, 7) is 11.0. The molecule has 108 valence electrons. The highest BCUT2D eigenvalue weighted by Gasteiger charge is 2.00. The van der Waals surface area contributed by atoms with E-state index >= 15 is 0 Å². The third kappa shape index (κ3) is 13.5. The maximum Gasteiger partial charge on any atom is 0.233 e. The standard InChI is InChI=1S/C15H32N2O/c1-13(2)9-7-5-6-8-10-17-15(18)12-16-11-14(3)4/h13-14,16H,5-12H2,1-4H3,(H,17,18). The molecule has 0 aromatic rings. The molecular formula is C15H32N2O. The van der Waals surface area contributed by atoms with Crippen LogP contribution in [0.5, 0.6) is 0 Å². The van der Waals surface area contributed by atoms with Gasteiger partial charge in [-0.15, -0.1) is 0 Å². The summed E-state index contributed by atoms with van der Waals surface area (Å²) in [4.78, 5) is 11.4. The van der Waals surface area contributed by atoms with Crippen LogP contribution in [0.15, 0.2) is 0 Å². The zero-order chi connectivity index (χ0) is 13.8. The van der Waals surface area contributed by atoms with Gasteiger partial charge in [0, 0.05) is 6.54 Å². The molecule has 0 unspecified atom stereocenters. The molecule has 0 radical (unpaired) electrons. The normalized spacial score (nSPS) is 11.2. The van der Waals surface area contributed by atoms with Crippen LogP contribution < -0.4 is 10.6 Å². The lowest BCUT2D eigenvalue weighted by Crippen LogP contribution is -2.35. The molecule has 0 aromatic heterocycles. The van der Waals surface area contributed by atoms with Gasteiger partial charge in [-0.25, -0.2) is 0 Å². The fraction of sp³-hybridized carbons (Fsp3) is 0.933. The van der Waals surface area contributed by atoms with Gasteiger partial charge in [0.2, 0.25) is 5.91 Å². The number of hydrogen-bond acceptors (Lipinski definition) is 2. The van der Waals surface area contributed by atoms with E-state index in [1.165, 1.54) is 25.7 Å². The largest absolute Gasteiger partial charge is 0.355 e. The number of carbonyl (C=O) groups is 1. The Labute approximate surface area is 113 Å². The molecule has 0 spiro atoms. The number of carbonyl (C=O) groups excluding carboxylic acids is 1. The first kappa shape index (κ1) is 17.4. The van der Waals surface area contributed by atoms with Crippen LogP contribution in [0, 0.1) is 11.8 Å². The van der Waals surface area contributed by atoms with Crippen molar-refractivity contribution in [3.63, 3.8) is 0 Å². The summed E-state index contributed by atoms with van der Waals surface area (Å²) in [5.74, 6) is 1.54.